The molecule has 2 aliphatic rings. The summed E-state index contributed by atoms with van der Waals surface area (Å²) in [4.78, 5) is 0. The molecule has 0 saturated carbocycles. The van der Waals surface area contributed by atoms with Crippen molar-refractivity contribution in [2.24, 2.45) is 11.8 Å². The third kappa shape index (κ3) is 6.84. The number of hydrogen-bond donors (Lipinski definition) is 0. The van der Waals surface area contributed by atoms with Crippen molar-refractivity contribution in [3.8, 4) is 0 Å². The Bertz CT molecular complexity index is 424. The van der Waals surface area contributed by atoms with E-state index in [0.29, 0.717) is 11.8 Å². The average molecular weight is 495 g/mol. The monoisotopic (exact) mass is 492 g/mol. The normalized spacial score (nSPS) is 23.2. The van der Waals surface area contributed by atoms with E-state index in [1.54, 1.807) is 0 Å². The van der Waals surface area contributed by atoms with E-state index in [0.717, 1.165) is 0 Å². The van der Waals surface area contributed by atoms with Crippen molar-refractivity contribution in [2.45, 2.75) is 55.4 Å². The Morgan fingerprint density at radius 3 is 0.905 bits per heavy atom. The third-order valence-electron chi connectivity index (χ3n) is 4.47. The molecule has 0 aromatic rings. The fourth-order valence-electron chi connectivity index (χ4n) is 2.32. The van der Waals surface area contributed by atoms with Crippen LogP contribution in [0.15, 0.2) is 33.4 Å². The molecule has 0 aliphatic heterocycles. The van der Waals surface area contributed by atoms with Gasteiger partial charge in [0.05, 0.1) is 0 Å². The van der Waals surface area contributed by atoms with Gasteiger partial charge in [0, 0.05) is 0 Å². The molecular weight excluding hydrogens is 467 g/mol. The first-order valence-electron chi connectivity index (χ1n) is 6.81. The fraction of sp³-hybridized carbons (Fsp3) is 0.556. The zero-order valence-electron chi connectivity index (χ0n) is 14.5. The van der Waals surface area contributed by atoms with Crippen LogP contribution in [-0.4, -0.2) is 0 Å². The van der Waals surface area contributed by atoms with E-state index in [2.05, 4.69) is 67.5 Å². The minimum absolute atomic E-state index is 0. The summed E-state index contributed by atoms with van der Waals surface area (Å²) in [7, 11) is 0. The molecule has 2 unspecified atom stereocenters. The Morgan fingerprint density at radius 2 is 0.857 bits per heavy atom. The standard InChI is InChI=1S/2C9H13.2BrH.Zr/c2*1-6-5-7(2)9(4)8(6)3;;;/h2*6H,1-4H3;2*1H;/q2*-1;;;+2. The van der Waals surface area contributed by atoms with Gasteiger partial charge in [-0.05, 0) is 0 Å². The minimum atomic E-state index is 0. The molecule has 21 heavy (non-hydrogen) atoms. The largest absolute Gasteiger partial charge is 2.00 e. The van der Waals surface area contributed by atoms with Crippen LogP contribution >= 0.6 is 34.0 Å². The second kappa shape index (κ2) is 11.4. The van der Waals surface area contributed by atoms with Gasteiger partial charge >= 0.3 is 26.2 Å². The van der Waals surface area contributed by atoms with Gasteiger partial charge in [0.25, 0.3) is 0 Å². The van der Waals surface area contributed by atoms with E-state index in [9.17, 15) is 0 Å². The van der Waals surface area contributed by atoms with Crippen LogP contribution in [0.1, 0.15) is 55.4 Å². The van der Waals surface area contributed by atoms with Gasteiger partial charge in [-0.25, -0.2) is 11.1 Å². The van der Waals surface area contributed by atoms with Crippen molar-refractivity contribution in [3.63, 3.8) is 0 Å². The average Bonchev–Trinajstić information content (AvgIpc) is 2.66. The zero-order chi connectivity index (χ0) is 14.0. The number of hydrogen-bond acceptors (Lipinski definition) is 0. The van der Waals surface area contributed by atoms with Crippen LogP contribution in [0.2, 0.25) is 0 Å². The smallest absolute Gasteiger partial charge is 0.266 e. The predicted molar refractivity (Wildman–Crippen MR) is 101 cm³/mol. The van der Waals surface area contributed by atoms with E-state index in [-0.39, 0.29) is 60.2 Å². The number of rotatable bonds is 0. The quantitative estimate of drug-likeness (QED) is 0.333. The van der Waals surface area contributed by atoms with E-state index in [4.69, 9.17) is 0 Å². The molecule has 0 heterocycles. The van der Waals surface area contributed by atoms with E-state index in [1.807, 2.05) is 0 Å². The molecule has 0 spiro atoms. The van der Waals surface area contributed by atoms with Gasteiger partial charge < -0.3 is 0 Å². The van der Waals surface area contributed by atoms with Crippen molar-refractivity contribution in [1.82, 2.24) is 0 Å². The van der Waals surface area contributed by atoms with E-state index in [1.165, 1.54) is 33.4 Å². The molecule has 0 radical (unpaired) electrons. The van der Waals surface area contributed by atoms with Crippen LogP contribution in [0.5, 0.6) is 0 Å². The van der Waals surface area contributed by atoms with Crippen molar-refractivity contribution in [2.75, 3.05) is 0 Å². The summed E-state index contributed by atoms with van der Waals surface area (Å²) in [6.07, 6.45) is 6.72. The molecule has 0 aromatic heterocycles. The van der Waals surface area contributed by atoms with Gasteiger partial charge in [-0.2, -0.15) is 22.3 Å². The molecule has 2 atom stereocenters. The van der Waals surface area contributed by atoms with Crippen LogP contribution in [0, 0.1) is 24.0 Å². The minimum Gasteiger partial charge on any atom is -0.266 e. The van der Waals surface area contributed by atoms with Crippen LogP contribution in [0.25, 0.3) is 0 Å². The van der Waals surface area contributed by atoms with Crippen molar-refractivity contribution < 1.29 is 26.2 Å². The third-order valence-corrected chi connectivity index (χ3v) is 4.47. The predicted octanol–water partition coefficient (Wildman–Crippen LogP) is 6.60. The van der Waals surface area contributed by atoms with Crippen molar-refractivity contribution in [3.05, 3.63) is 45.6 Å². The van der Waals surface area contributed by atoms with Crippen LogP contribution in [0.4, 0.5) is 0 Å². The molecular formula is C18H28Br2Zr. The molecule has 3 heteroatoms. The van der Waals surface area contributed by atoms with Gasteiger partial charge in [0.2, 0.25) is 0 Å². The van der Waals surface area contributed by atoms with Gasteiger partial charge in [0.1, 0.15) is 0 Å². The van der Waals surface area contributed by atoms with Crippen molar-refractivity contribution >= 4 is 34.0 Å². The Balaban J connectivity index is -0.000000270. The first kappa shape index (κ1) is 26.7. The second-order valence-electron chi connectivity index (χ2n) is 5.60. The first-order chi connectivity index (χ1) is 8.25. The Morgan fingerprint density at radius 1 is 0.619 bits per heavy atom. The van der Waals surface area contributed by atoms with Gasteiger partial charge in [-0.1, -0.05) is 53.4 Å². The summed E-state index contributed by atoms with van der Waals surface area (Å²) in [5.41, 5.74) is 8.49. The molecule has 0 amide bonds. The topological polar surface area (TPSA) is 0 Å². The molecule has 0 fully saturated rings. The molecule has 0 saturated heterocycles. The molecule has 0 N–H and O–H groups in total. The van der Waals surface area contributed by atoms with Gasteiger partial charge in [-0.15, -0.1) is 47.8 Å². The Kier molecular flexibility index (Phi) is 14.4. The van der Waals surface area contributed by atoms with Crippen LogP contribution in [0.3, 0.4) is 0 Å². The summed E-state index contributed by atoms with van der Waals surface area (Å²) in [5, 5.41) is 0. The van der Waals surface area contributed by atoms with E-state index >= 15 is 0 Å². The fourth-order valence-corrected chi connectivity index (χ4v) is 2.32. The maximum absolute atomic E-state index is 3.36. The van der Waals surface area contributed by atoms with E-state index < -0.39 is 0 Å². The molecule has 0 bridgehead atoms. The first-order valence-corrected chi connectivity index (χ1v) is 6.81. The van der Waals surface area contributed by atoms with Gasteiger partial charge in [0.15, 0.2) is 0 Å². The maximum atomic E-state index is 3.36. The summed E-state index contributed by atoms with van der Waals surface area (Å²) in [5.74, 6) is 1.12. The summed E-state index contributed by atoms with van der Waals surface area (Å²) < 4.78 is 0. The van der Waals surface area contributed by atoms with Crippen molar-refractivity contribution in [1.29, 1.82) is 0 Å². The molecule has 118 valence electrons. The Labute approximate surface area is 171 Å². The van der Waals surface area contributed by atoms with Crippen LogP contribution < -0.4 is 0 Å². The number of allylic oxidation sites excluding steroid dienone is 8. The second-order valence-corrected chi connectivity index (χ2v) is 5.60. The summed E-state index contributed by atoms with van der Waals surface area (Å²) >= 11 is 0. The SMILES string of the molecule is Br.Br.CC1=[C-]C(C)C(C)=C1C.CC1=[C-]C(C)C(C)=C1C.[Zr+2]. The molecule has 0 aromatic carbocycles. The molecule has 0 nitrogen and oxygen atoms in total. The summed E-state index contributed by atoms with van der Waals surface area (Å²) in [6.45, 7) is 17.3. The Hall–Kier alpha value is 0.803. The molecule has 2 rings (SSSR count). The van der Waals surface area contributed by atoms with Crippen LogP contribution in [-0.2, 0) is 26.2 Å². The summed E-state index contributed by atoms with van der Waals surface area (Å²) in [6, 6.07) is 0. The maximum Gasteiger partial charge on any atom is 2.00 e. The number of halogens is 2. The zero-order valence-corrected chi connectivity index (χ0v) is 20.4. The van der Waals surface area contributed by atoms with Gasteiger partial charge in [-0.3, -0.25) is 12.2 Å². The molecule has 2 aliphatic carbocycles.